The molecule has 0 saturated carbocycles. The van der Waals surface area contributed by atoms with E-state index in [1.54, 1.807) is 0 Å². The van der Waals surface area contributed by atoms with E-state index in [1.165, 1.54) is 18.2 Å². The Morgan fingerprint density at radius 3 is 2.94 bits per heavy atom. The molecule has 0 aliphatic heterocycles. The summed E-state index contributed by atoms with van der Waals surface area (Å²) in [6.07, 6.45) is 0.525. The van der Waals surface area contributed by atoms with Crippen LogP contribution in [0.5, 0.6) is 0 Å². The Hall–Kier alpha value is -0.930. The van der Waals surface area contributed by atoms with Crippen LogP contribution >= 0.6 is 11.6 Å². The van der Waals surface area contributed by atoms with E-state index in [0.29, 0.717) is 23.6 Å². The summed E-state index contributed by atoms with van der Waals surface area (Å²) in [5.74, 6) is -0.358. The largest absolute Gasteiger partial charge is 0.317 e. The Kier molecular flexibility index (Phi) is 5.43. The molecule has 4 heteroatoms. The van der Waals surface area contributed by atoms with Crippen LogP contribution in [0.15, 0.2) is 18.2 Å². The Balaban J connectivity index is 2.52. The molecule has 0 bridgehead atoms. The standard InChI is InChI=1S/C12H15ClFNO/c1-2-15-6-5-11(16)8-9-7-10(13)3-4-12(9)14/h3-4,7,15H,2,5-6,8H2,1H3. The lowest BCUT2D eigenvalue weighted by atomic mass is 10.1. The lowest BCUT2D eigenvalue weighted by Gasteiger charge is -2.04. The van der Waals surface area contributed by atoms with Crippen molar-refractivity contribution in [3.05, 3.63) is 34.6 Å². The fraction of sp³-hybridized carbons (Fsp3) is 0.417. The van der Waals surface area contributed by atoms with Crippen LogP contribution in [0, 0.1) is 5.82 Å². The van der Waals surface area contributed by atoms with Crippen molar-refractivity contribution in [2.75, 3.05) is 13.1 Å². The van der Waals surface area contributed by atoms with Crippen LogP contribution in [0.1, 0.15) is 18.9 Å². The summed E-state index contributed by atoms with van der Waals surface area (Å²) in [6.45, 7) is 3.44. The lowest BCUT2D eigenvalue weighted by molar-refractivity contribution is -0.118. The van der Waals surface area contributed by atoms with Gasteiger partial charge in [-0.25, -0.2) is 4.39 Å². The molecule has 1 N–H and O–H groups in total. The van der Waals surface area contributed by atoms with Gasteiger partial charge in [-0.05, 0) is 30.3 Å². The molecule has 0 spiro atoms. The number of hydrogen-bond donors (Lipinski definition) is 1. The SMILES string of the molecule is CCNCCC(=O)Cc1cc(Cl)ccc1F. The number of benzene rings is 1. The van der Waals surface area contributed by atoms with Crippen molar-refractivity contribution < 1.29 is 9.18 Å². The number of ketones is 1. The maximum atomic E-state index is 13.3. The number of carbonyl (C=O) groups is 1. The molecule has 1 aromatic rings. The molecule has 0 saturated heterocycles. The second-order valence-corrected chi connectivity index (χ2v) is 3.99. The molecule has 0 aromatic heterocycles. The quantitative estimate of drug-likeness (QED) is 0.779. The van der Waals surface area contributed by atoms with Crippen LogP contribution < -0.4 is 5.32 Å². The highest BCUT2D eigenvalue weighted by Crippen LogP contribution is 2.15. The van der Waals surface area contributed by atoms with Gasteiger partial charge >= 0.3 is 0 Å². The van der Waals surface area contributed by atoms with Gasteiger partial charge in [0.2, 0.25) is 0 Å². The topological polar surface area (TPSA) is 29.1 Å². The fourth-order valence-electron chi connectivity index (χ4n) is 1.38. The number of halogens is 2. The molecule has 0 aliphatic rings. The van der Waals surface area contributed by atoms with Crippen molar-refractivity contribution in [2.24, 2.45) is 0 Å². The van der Waals surface area contributed by atoms with Crippen LogP contribution in [0.4, 0.5) is 4.39 Å². The van der Waals surface area contributed by atoms with Crippen molar-refractivity contribution in [1.82, 2.24) is 5.32 Å². The maximum Gasteiger partial charge on any atom is 0.138 e. The lowest BCUT2D eigenvalue weighted by Crippen LogP contribution is -2.18. The third-order valence-corrected chi connectivity index (χ3v) is 2.46. The number of carbonyl (C=O) groups excluding carboxylic acids is 1. The normalized spacial score (nSPS) is 10.4. The van der Waals surface area contributed by atoms with Gasteiger partial charge in [-0.2, -0.15) is 0 Å². The van der Waals surface area contributed by atoms with Gasteiger partial charge in [0, 0.05) is 24.4 Å². The zero-order valence-corrected chi connectivity index (χ0v) is 9.98. The minimum absolute atomic E-state index is 0.0158. The third kappa shape index (κ3) is 4.29. The van der Waals surface area contributed by atoms with Crippen molar-refractivity contribution >= 4 is 17.4 Å². The van der Waals surface area contributed by atoms with Gasteiger partial charge in [-0.1, -0.05) is 18.5 Å². The fourth-order valence-corrected chi connectivity index (χ4v) is 1.58. The molecule has 0 heterocycles. The van der Waals surface area contributed by atoms with Crippen LogP contribution in [0.25, 0.3) is 0 Å². The molecule has 1 rings (SSSR count). The molecular weight excluding hydrogens is 229 g/mol. The predicted octanol–water partition coefficient (Wildman–Crippen LogP) is 2.59. The van der Waals surface area contributed by atoms with E-state index < -0.39 is 0 Å². The van der Waals surface area contributed by atoms with Gasteiger partial charge in [0.1, 0.15) is 11.6 Å². The van der Waals surface area contributed by atoms with E-state index in [1.807, 2.05) is 6.92 Å². The Morgan fingerprint density at radius 1 is 1.50 bits per heavy atom. The summed E-state index contributed by atoms with van der Waals surface area (Å²) in [4.78, 5) is 11.5. The first-order chi connectivity index (χ1) is 7.63. The van der Waals surface area contributed by atoms with Crippen LogP contribution in [-0.2, 0) is 11.2 Å². The number of hydrogen-bond acceptors (Lipinski definition) is 2. The van der Waals surface area contributed by atoms with Crippen molar-refractivity contribution in [3.63, 3.8) is 0 Å². The highest BCUT2D eigenvalue weighted by molar-refractivity contribution is 6.30. The zero-order chi connectivity index (χ0) is 12.0. The molecule has 16 heavy (non-hydrogen) atoms. The molecule has 0 amide bonds. The summed E-state index contributed by atoms with van der Waals surface area (Å²) in [5, 5.41) is 3.50. The minimum atomic E-state index is -0.374. The van der Waals surface area contributed by atoms with Gasteiger partial charge in [0.05, 0.1) is 0 Å². The average molecular weight is 244 g/mol. The molecule has 2 nitrogen and oxygen atoms in total. The highest BCUT2D eigenvalue weighted by Gasteiger charge is 2.08. The minimum Gasteiger partial charge on any atom is -0.317 e. The molecule has 1 aromatic carbocycles. The monoisotopic (exact) mass is 243 g/mol. The molecule has 0 atom stereocenters. The Labute approximate surface area is 99.8 Å². The van der Waals surface area contributed by atoms with E-state index in [4.69, 9.17) is 11.6 Å². The first-order valence-corrected chi connectivity index (χ1v) is 5.67. The van der Waals surface area contributed by atoms with Gasteiger partial charge < -0.3 is 5.32 Å². The second-order valence-electron chi connectivity index (χ2n) is 3.55. The first kappa shape index (κ1) is 13.1. The highest BCUT2D eigenvalue weighted by atomic mass is 35.5. The molecular formula is C12H15ClFNO. The summed E-state index contributed by atoms with van der Waals surface area (Å²) in [5.41, 5.74) is 0.369. The van der Waals surface area contributed by atoms with Gasteiger partial charge in [-0.15, -0.1) is 0 Å². The Morgan fingerprint density at radius 2 is 2.25 bits per heavy atom. The van der Waals surface area contributed by atoms with E-state index in [9.17, 15) is 9.18 Å². The summed E-state index contributed by atoms with van der Waals surface area (Å²) < 4.78 is 13.3. The Bertz CT molecular complexity index is 368. The molecule has 0 radical (unpaired) electrons. The van der Waals surface area contributed by atoms with Gasteiger partial charge in [0.15, 0.2) is 0 Å². The van der Waals surface area contributed by atoms with Crippen LogP contribution in [0.3, 0.4) is 0 Å². The second kappa shape index (κ2) is 6.61. The van der Waals surface area contributed by atoms with Crippen LogP contribution in [-0.4, -0.2) is 18.9 Å². The van der Waals surface area contributed by atoms with Crippen LogP contribution in [0.2, 0.25) is 5.02 Å². The van der Waals surface area contributed by atoms with E-state index in [0.717, 1.165) is 6.54 Å². The number of Topliss-reactive ketones (excluding diaryl/α,β-unsaturated/α-hetero) is 1. The average Bonchev–Trinajstić information content (AvgIpc) is 2.24. The molecule has 0 aliphatic carbocycles. The van der Waals surface area contributed by atoms with Gasteiger partial charge in [0.25, 0.3) is 0 Å². The molecule has 0 unspecified atom stereocenters. The smallest absolute Gasteiger partial charge is 0.138 e. The van der Waals surface area contributed by atoms with E-state index in [2.05, 4.69) is 5.32 Å². The van der Waals surface area contributed by atoms with E-state index >= 15 is 0 Å². The summed E-state index contributed by atoms with van der Waals surface area (Å²) >= 11 is 5.74. The molecule has 88 valence electrons. The summed E-state index contributed by atoms with van der Waals surface area (Å²) in [6, 6.07) is 4.26. The van der Waals surface area contributed by atoms with Crippen molar-refractivity contribution in [3.8, 4) is 0 Å². The first-order valence-electron chi connectivity index (χ1n) is 5.29. The van der Waals surface area contributed by atoms with Crippen molar-refractivity contribution in [2.45, 2.75) is 19.8 Å². The third-order valence-electron chi connectivity index (χ3n) is 2.23. The van der Waals surface area contributed by atoms with Gasteiger partial charge in [-0.3, -0.25) is 4.79 Å². The van der Waals surface area contributed by atoms with E-state index in [-0.39, 0.29) is 18.0 Å². The predicted molar refractivity (Wildman–Crippen MR) is 63.3 cm³/mol. The summed E-state index contributed by atoms with van der Waals surface area (Å²) in [7, 11) is 0. The maximum absolute atomic E-state index is 13.3. The molecule has 0 fully saturated rings. The number of rotatable bonds is 6. The number of nitrogens with one attached hydrogen (secondary N) is 1. The zero-order valence-electron chi connectivity index (χ0n) is 9.22. The van der Waals surface area contributed by atoms with Crippen molar-refractivity contribution in [1.29, 1.82) is 0 Å².